The van der Waals surface area contributed by atoms with Crippen LogP contribution in [0.15, 0.2) is 29.4 Å². The summed E-state index contributed by atoms with van der Waals surface area (Å²) in [5.41, 5.74) is 0. The first kappa shape index (κ1) is 20.9. The van der Waals surface area contributed by atoms with E-state index in [0.717, 1.165) is 24.6 Å². The van der Waals surface area contributed by atoms with Crippen molar-refractivity contribution in [3.05, 3.63) is 35.9 Å². The molecule has 4 rings (SSSR count). The first-order chi connectivity index (χ1) is 14.3. The van der Waals surface area contributed by atoms with E-state index >= 15 is 0 Å². The van der Waals surface area contributed by atoms with Crippen LogP contribution in [-0.2, 0) is 21.2 Å². The van der Waals surface area contributed by atoms with Crippen molar-refractivity contribution in [1.29, 1.82) is 0 Å². The van der Waals surface area contributed by atoms with Crippen LogP contribution in [-0.4, -0.2) is 63.4 Å². The summed E-state index contributed by atoms with van der Waals surface area (Å²) < 4.78 is 43.3. The molecule has 1 aliphatic heterocycles. The molecule has 1 amide bonds. The van der Waals surface area contributed by atoms with Gasteiger partial charge in [-0.1, -0.05) is 11.8 Å². The number of benzene rings is 1. The summed E-state index contributed by atoms with van der Waals surface area (Å²) in [5.74, 6) is 6.64. The molecule has 0 spiro atoms. The molecule has 0 unspecified atom stereocenters. The van der Waals surface area contributed by atoms with Crippen LogP contribution in [0.5, 0.6) is 5.75 Å². The number of aromatic nitrogens is 3. The lowest BCUT2D eigenvalue weighted by Gasteiger charge is -2.28. The summed E-state index contributed by atoms with van der Waals surface area (Å²) >= 11 is 1.15. The Hall–Kier alpha value is -2.34. The quantitative estimate of drug-likeness (QED) is 0.462. The molecule has 12 heteroatoms. The third kappa shape index (κ3) is 4.86. The van der Waals surface area contributed by atoms with E-state index in [1.54, 1.807) is 4.90 Å². The molecule has 1 aromatic carbocycles. The lowest BCUT2D eigenvalue weighted by molar-refractivity contribution is -0.130. The molecule has 2 aromatic rings. The SMILES string of the molecule is Nn1c(COc2ccc(F)cc2)nnc1SCC(=O)N(C1CC1)[C@@H]1CCS(=O)(=O)C1. The number of carbonyl (C=O) groups excluding carboxylic acids is 1. The van der Waals surface area contributed by atoms with Gasteiger partial charge in [0.05, 0.1) is 17.3 Å². The van der Waals surface area contributed by atoms with Crippen molar-refractivity contribution in [2.75, 3.05) is 23.1 Å². The third-order valence-electron chi connectivity index (χ3n) is 5.07. The number of sulfone groups is 1. The minimum absolute atomic E-state index is 0.0395. The van der Waals surface area contributed by atoms with Gasteiger partial charge in [0.15, 0.2) is 15.7 Å². The topological polar surface area (TPSA) is 120 Å². The number of amides is 1. The lowest BCUT2D eigenvalue weighted by Crippen LogP contribution is -2.43. The summed E-state index contributed by atoms with van der Waals surface area (Å²) in [5, 5.41) is 8.33. The maximum Gasteiger partial charge on any atom is 0.233 e. The van der Waals surface area contributed by atoms with Gasteiger partial charge in [0.1, 0.15) is 18.2 Å². The van der Waals surface area contributed by atoms with E-state index in [2.05, 4.69) is 10.2 Å². The van der Waals surface area contributed by atoms with E-state index in [1.807, 2.05) is 0 Å². The zero-order valence-electron chi connectivity index (χ0n) is 16.1. The Balaban J connectivity index is 1.34. The number of nitrogen functional groups attached to an aromatic ring is 1. The van der Waals surface area contributed by atoms with Gasteiger partial charge in [0.25, 0.3) is 0 Å². The van der Waals surface area contributed by atoms with Gasteiger partial charge in [-0.3, -0.25) is 4.79 Å². The number of hydrogen-bond donors (Lipinski definition) is 1. The number of rotatable bonds is 8. The molecule has 1 aromatic heterocycles. The maximum atomic E-state index is 12.9. The second kappa shape index (κ2) is 8.42. The Morgan fingerprint density at radius 1 is 1.23 bits per heavy atom. The van der Waals surface area contributed by atoms with Crippen molar-refractivity contribution in [3.63, 3.8) is 0 Å². The molecule has 1 atom stereocenters. The standard InChI is InChI=1S/C18H22FN5O4S2/c19-12-1-5-15(6-2-12)28-9-16-21-22-18(24(16)20)29-10-17(25)23(13-3-4-13)14-7-8-30(26,27)11-14/h1-2,5-6,13-14H,3-4,7-11,20H2/t14-/m1/s1. The Kier molecular flexibility index (Phi) is 5.87. The second-order valence-electron chi connectivity index (χ2n) is 7.39. The predicted octanol–water partition coefficient (Wildman–Crippen LogP) is 0.980. The normalized spacial score (nSPS) is 20.2. The molecule has 9 nitrogen and oxygen atoms in total. The fourth-order valence-corrected chi connectivity index (χ4v) is 5.89. The molecule has 1 saturated heterocycles. The van der Waals surface area contributed by atoms with Crippen molar-refractivity contribution in [1.82, 2.24) is 19.8 Å². The molecule has 1 saturated carbocycles. The third-order valence-corrected chi connectivity index (χ3v) is 7.75. The number of halogens is 1. The molecule has 30 heavy (non-hydrogen) atoms. The first-order valence-corrected chi connectivity index (χ1v) is 12.4. The van der Waals surface area contributed by atoms with Crippen LogP contribution in [0.1, 0.15) is 25.1 Å². The molecule has 1 aliphatic carbocycles. The molecule has 0 bridgehead atoms. The zero-order chi connectivity index (χ0) is 21.3. The Bertz CT molecular complexity index is 1020. The van der Waals surface area contributed by atoms with Crippen molar-refractivity contribution < 1.29 is 22.3 Å². The van der Waals surface area contributed by atoms with E-state index in [9.17, 15) is 17.6 Å². The monoisotopic (exact) mass is 455 g/mol. The van der Waals surface area contributed by atoms with Gasteiger partial charge in [-0.25, -0.2) is 17.5 Å². The number of carbonyl (C=O) groups is 1. The Morgan fingerprint density at radius 3 is 2.60 bits per heavy atom. The molecule has 162 valence electrons. The molecule has 2 fully saturated rings. The van der Waals surface area contributed by atoms with Crippen LogP contribution in [0.3, 0.4) is 0 Å². The van der Waals surface area contributed by atoms with Crippen molar-refractivity contribution >= 4 is 27.5 Å². The van der Waals surface area contributed by atoms with Gasteiger partial charge in [0.2, 0.25) is 11.1 Å². The van der Waals surface area contributed by atoms with Gasteiger partial charge >= 0.3 is 0 Å². The lowest BCUT2D eigenvalue weighted by atomic mass is 10.2. The molecule has 2 aliphatic rings. The number of nitrogens with zero attached hydrogens (tertiary/aromatic N) is 4. The smallest absolute Gasteiger partial charge is 0.233 e. The average Bonchev–Trinajstić information content (AvgIpc) is 3.38. The Labute approximate surface area is 177 Å². The number of ether oxygens (including phenoxy) is 1. The van der Waals surface area contributed by atoms with Gasteiger partial charge < -0.3 is 15.5 Å². The number of hydrogen-bond acceptors (Lipinski definition) is 8. The van der Waals surface area contributed by atoms with Crippen LogP contribution in [0.25, 0.3) is 0 Å². The van der Waals surface area contributed by atoms with Crippen molar-refractivity contribution in [3.8, 4) is 5.75 Å². The second-order valence-corrected chi connectivity index (χ2v) is 10.6. The van der Waals surface area contributed by atoms with Crippen LogP contribution >= 0.6 is 11.8 Å². The maximum absolute atomic E-state index is 12.9. The highest BCUT2D eigenvalue weighted by atomic mass is 32.2. The van der Waals surface area contributed by atoms with E-state index in [1.165, 1.54) is 28.9 Å². The van der Waals surface area contributed by atoms with Crippen LogP contribution in [0.2, 0.25) is 0 Å². The van der Waals surface area contributed by atoms with E-state index in [4.69, 9.17) is 10.6 Å². The summed E-state index contributed by atoms with van der Waals surface area (Å²) in [6.07, 6.45) is 2.31. The van der Waals surface area contributed by atoms with Gasteiger partial charge in [-0.2, -0.15) is 0 Å². The van der Waals surface area contributed by atoms with E-state index < -0.39 is 9.84 Å². The summed E-state index contributed by atoms with van der Waals surface area (Å²) in [6, 6.07) is 5.46. The molecule has 0 radical (unpaired) electrons. The van der Waals surface area contributed by atoms with Gasteiger partial charge in [0, 0.05) is 12.1 Å². The fourth-order valence-electron chi connectivity index (χ4n) is 3.44. The highest BCUT2D eigenvalue weighted by Gasteiger charge is 2.42. The molecule has 2 heterocycles. The van der Waals surface area contributed by atoms with Crippen LogP contribution in [0, 0.1) is 5.82 Å². The first-order valence-electron chi connectivity index (χ1n) is 9.54. The summed E-state index contributed by atoms with van der Waals surface area (Å²) in [7, 11) is -3.06. The van der Waals surface area contributed by atoms with E-state index in [0.29, 0.717) is 23.2 Å². The molecule has 2 N–H and O–H groups in total. The predicted molar refractivity (Wildman–Crippen MR) is 109 cm³/mol. The van der Waals surface area contributed by atoms with Crippen LogP contribution in [0.4, 0.5) is 4.39 Å². The van der Waals surface area contributed by atoms with Gasteiger partial charge in [-0.05, 0) is 43.5 Å². The average molecular weight is 456 g/mol. The zero-order valence-corrected chi connectivity index (χ0v) is 17.7. The number of nitrogens with two attached hydrogens (primary N) is 1. The highest BCUT2D eigenvalue weighted by Crippen LogP contribution is 2.33. The van der Waals surface area contributed by atoms with Crippen molar-refractivity contribution in [2.24, 2.45) is 0 Å². The molecular weight excluding hydrogens is 433 g/mol. The minimum atomic E-state index is -3.06. The molecular formula is C18H22FN5O4S2. The van der Waals surface area contributed by atoms with Gasteiger partial charge in [-0.15, -0.1) is 10.2 Å². The van der Waals surface area contributed by atoms with Crippen LogP contribution < -0.4 is 10.6 Å². The van der Waals surface area contributed by atoms with E-state index in [-0.39, 0.29) is 47.7 Å². The summed E-state index contributed by atoms with van der Waals surface area (Å²) in [4.78, 5) is 14.6. The highest BCUT2D eigenvalue weighted by molar-refractivity contribution is 7.99. The largest absolute Gasteiger partial charge is 0.486 e. The Morgan fingerprint density at radius 2 is 1.97 bits per heavy atom. The van der Waals surface area contributed by atoms with Crippen molar-refractivity contribution in [2.45, 2.75) is 43.1 Å². The number of thioether (sulfide) groups is 1. The minimum Gasteiger partial charge on any atom is -0.486 e. The summed E-state index contributed by atoms with van der Waals surface area (Å²) in [6.45, 7) is 0.0395. The fraction of sp³-hybridized carbons (Fsp3) is 0.500.